The van der Waals surface area contributed by atoms with Crippen LogP contribution >= 0.6 is 23.2 Å². The van der Waals surface area contributed by atoms with E-state index in [0.29, 0.717) is 42.2 Å². The van der Waals surface area contributed by atoms with Crippen LogP contribution in [0, 0.1) is 6.92 Å². The number of halogens is 2. The fraction of sp³-hybridized carbons (Fsp3) is 0.519. The molecule has 2 fully saturated rings. The van der Waals surface area contributed by atoms with Crippen LogP contribution < -0.4 is 10.6 Å². The van der Waals surface area contributed by atoms with Crippen molar-refractivity contribution < 1.29 is 9.53 Å². The number of aryl methyl sites for hydroxylation is 1. The highest BCUT2D eigenvalue weighted by atomic mass is 35.5. The van der Waals surface area contributed by atoms with Crippen LogP contribution in [-0.2, 0) is 4.74 Å². The summed E-state index contributed by atoms with van der Waals surface area (Å²) in [6.45, 7) is 13.0. The number of carbonyl (C=O) groups is 1. The predicted molar refractivity (Wildman–Crippen MR) is 149 cm³/mol. The molecule has 1 aliphatic carbocycles. The van der Waals surface area contributed by atoms with Crippen molar-refractivity contribution in [3.63, 3.8) is 0 Å². The van der Waals surface area contributed by atoms with Gasteiger partial charge in [0.25, 0.3) is 0 Å². The quantitative estimate of drug-likeness (QED) is 0.391. The SMILES string of the molecule is Cc1ccnc(C(C)C)c1-n1c(=O)nc(N2CCN(C(=O)OC(C)(C)C)CC23CC3)c2cc(Cl)c(Cl)nc21. The van der Waals surface area contributed by atoms with Crippen molar-refractivity contribution >= 4 is 46.1 Å². The van der Waals surface area contributed by atoms with Gasteiger partial charge in [0, 0.05) is 25.8 Å². The van der Waals surface area contributed by atoms with E-state index in [1.54, 1.807) is 17.2 Å². The molecule has 11 heteroatoms. The standard InChI is InChI=1S/C27H32Cl2N6O3/c1-15(2)19-20(16(3)7-10-30-19)35-23-17(13-18(28)21(29)31-23)22(32-24(35)36)34-12-11-33(14-27(34)8-9-27)25(37)38-26(4,5)6/h7,10,13,15H,8-9,11-12,14H2,1-6H3. The van der Waals surface area contributed by atoms with E-state index < -0.39 is 11.3 Å². The molecule has 0 atom stereocenters. The Labute approximate surface area is 231 Å². The minimum Gasteiger partial charge on any atom is -0.444 e. The first-order valence-corrected chi connectivity index (χ1v) is 13.6. The predicted octanol–water partition coefficient (Wildman–Crippen LogP) is 5.50. The van der Waals surface area contributed by atoms with Crippen LogP contribution in [0.15, 0.2) is 23.1 Å². The molecule has 0 bridgehead atoms. The zero-order valence-electron chi connectivity index (χ0n) is 22.5. The molecule has 2 aliphatic rings. The Hall–Kier alpha value is -2.91. The van der Waals surface area contributed by atoms with E-state index in [2.05, 4.69) is 19.9 Å². The van der Waals surface area contributed by atoms with E-state index in [9.17, 15) is 9.59 Å². The van der Waals surface area contributed by atoms with Gasteiger partial charge >= 0.3 is 11.8 Å². The molecule has 0 N–H and O–H groups in total. The first kappa shape index (κ1) is 26.7. The fourth-order valence-electron chi connectivity index (χ4n) is 5.14. The summed E-state index contributed by atoms with van der Waals surface area (Å²) in [5.74, 6) is 0.561. The van der Waals surface area contributed by atoms with Crippen molar-refractivity contribution in [1.82, 2.24) is 24.4 Å². The van der Waals surface area contributed by atoms with E-state index in [1.807, 2.05) is 47.6 Å². The first-order chi connectivity index (χ1) is 17.8. The minimum absolute atomic E-state index is 0.0602. The Morgan fingerprint density at radius 2 is 1.87 bits per heavy atom. The van der Waals surface area contributed by atoms with Gasteiger partial charge in [0.1, 0.15) is 16.6 Å². The molecule has 3 aromatic heterocycles. The molecule has 1 saturated heterocycles. The Morgan fingerprint density at radius 1 is 1.16 bits per heavy atom. The lowest BCUT2D eigenvalue weighted by Crippen LogP contribution is -2.58. The van der Waals surface area contributed by atoms with Gasteiger partial charge < -0.3 is 14.5 Å². The fourth-order valence-corrected chi connectivity index (χ4v) is 5.42. The lowest BCUT2D eigenvalue weighted by atomic mass is 10.0. The second-order valence-corrected chi connectivity index (χ2v) is 12.2. The Bertz CT molecular complexity index is 1490. The van der Waals surface area contributed by atoms with Gasteiger partial charge in [0.15, 0.2) is 5.65 Å². The number of ether oxygens (including phenoxy) is 1. The number of nitrogens with zero attached hydrogens (tertiary/aromatic N) is 6. The summed E-state index contributed by atoms with van der Waals surface area (Å²) in [7, 11) is 0. The second kappa shape index (κ2) is 9.38. The van der Waals surface area contributed by atoms with Crippen molar-refractivity contribution in [3.05, 3.63) is 50.2 Å². The Balaban J connectivity index is 1.65. The zero-order chi connectivity index (χ0) is 27.6. The summed E-state index contributed by atoms with van der Waals surface area (Å²) < 4.78 is 7.11. The average Bonchev–Trinajstić information content (AvgIpc) is 3.58. The minimum atomic E-state index is -0.575. The van der Waals surface area contributed by atoms with Crippen LogP contribution in [0.2, 0.25) is 10.2 Å². The number of hydrogen-bond acceptors (Lipinski definition) is 7. The molecule has 0 radical (unpaired) electrons. The van der Waals surface area contributed by atoms with Crippen LogP contribution in [0.3, 0.4) is 0 Å². The molecule has 1 aliphatic heterocycles. The molecule has 38 heavy (non-hydrogen) atoms. The average molecular weight is 559 g/mol. The number of fused-ring (bicyclic) bond motifs is 1. The third-order valence-electron chi connectivity index (χ3n) is 7.07. The van der Waals surface area contributed by atoms with E-state index in [-0.39, 0.29) is 27.7 Å². The van der Waals surface area contributed by atoms with Gasteiger partial charge in [-0.1, -0.05) is 37.0 Å². The highest BCUT2D eigenvalue weighted by Gasteiger charge is 2.53. The maximum atomic E-state index is 13.8. The van der Waals surface area contributed by atoms with Gasteiger partial charge in [0.05, 0.1) is 27.3 Å². The molecule has 9 nitrogen and oxygen atoms in total. The monoisotopic (exact) mass is 558 g/mol. The number of hydrogen-bond donors (Lipinski definition) is 0. The number of anilines is 1. The molecular weight excluding hydrogens is 527 g/mol. The summed E-state index contributed by atoms with van der Waals surface area (Å²) in [4.78, 5) is 44.2. The summed E-state index contributed by atoms with van der Waals surface area (Å²) >= 11 is 12.8. The highest BCUT2D eigenvalue weighted by Crippen LogP contribution is 2.47. The van der Waals surface area contributed by atoms with E-state index in [4.69, 9.17) is 27.9 Å². The van der Waals surface area contributed by atoms with Crippen LogP contribution in [0.5, 0.6) is 0 Å². The number of aromatic nitrogens is 4. The second-order valence-electron chi connectivity index (χ2n) is 11.5. The molecule has 3 aromatic rings. The number of piperazine rings is 1. The maximum Gasteiger partial charge on any atom is 0.410 e. The molecular formula is C27H32Cl2N6O3. The first-order valence-electron chi connectivity index (χ1n) is 12.8. The molecule has 1 amide bonds. The van der Waals surface area contributed by atoms with Crippen molar-refractivity contribution in [2.24, 2.45) is 0 Å². The third-order valence-corrected chi connectivity index (χ3v) is 7.74. The van der Waals surface area contributed by atoms with E-state index in [1.165, 1.54) is 4.57 Å². The van der Waals surface area contributed by atoms with Gasteiger partial charge in [-0.05, 0) is 64.2 Å². The molecule has 0 unspecified atom stereocenters. The molecule has 0 aromatic carbocycles. The lowest BCUT2D eigenvalue weighted by molar-refractivity contribution is 0.0205. The smallest absolute Gasteiger partial charge is 0.410 e. The van der Waals surface area contributed by atoms with Crippen LogP contribution in [0.4, 0.5) is 10.6 Å². The van der Waals surface area contributed by atoms with Crippen molar-refractivity contribution in [3.8, 4) is 5.69 Å². The summed E-state index contributed by atoms with van der Waals surface area (Å²) in [5.41, 5.74) is 1.29. The molecule has 1 spiro atoms. The number of rotatable bonds is 3. The van der Waals surface area contributed by atoms with Gasteiger partial charge in [-0.2, -0.15) is 4.98 Å². The van der Waals surface area contributed by atoms with Crippen molar-refractivity contribution in [2.75, 3.05) is 24.5 Å². The topological polar surface area (TPSA) is 93.5 Å². The zero-order valence-corrected chi connectivity index (χ0v) is 24.0. The Kier molecular flexibility index (Phi) is 6.59. The van der Waals surface area contributed by atoms with Gasteiger partial charge in [-0.3, -0.25) is 4.98 Å². The molecule has 202 valence electrons. The highest BCUT2D eigenvalue weighted by molar-refractivity contribution is 6.41. The molecule has 1 saturated carbocycles. The van der Waals surface area contributed by atoms with Crippen molar-refractivity contribution in [1.29, 1.82) is 0 Å². The van der Waals surface area contributed by atoms with E-state index in [0.717, 1.165) is 24.1 Å². The van der Waals surface area contributed by atoms with Gasteiger partial charge in [-0.15, -0.1) is 0 Å². The normalized spacial score (nSPS) is 17.0. The largest absolute Gasteiger partial charge is 0.444 e. The van der Waals surface area contributed by atoms with Crippen LogP contribution in [0.1, 0.15) is 64.6 Å². The lowest BCUT2D eigenvalue weighted by Gasteiger charge is -2.43. The van der Waals surface area contributed by atoms with Crippen molar-refractivity contribution in [2.45, 2.75) is 71.4 Å². The van der Waals surface area contributed by atoms with Crippen LogP contribution in [0.25, 0.3) is 16.7 Å². The summed E-state index contributed by atoms with van der Waals surface area (Å²) in [6, 6.07) is 3.58. The number of amides is 1. The van der Waals surface area contributed by atoms with Gasteiger partial charge in [0.2, 0.25) is 0 Å². The van der Waals surface area contributed by atoms with Crippen LogP contribution in [-0.4, -0.2) is 61.3 Å². The number of pyridine rings is 2. The van der Waals surface area contributed by atoms with E-state index >= 15 is 0 Å². The third kappa shape index (κ3) is 4.71. The Morgan fingerprint density at radius 3 is 2.50 bits per heavy atom. The summed E-state index contributed by atoms with van der Waals surface area (Å²) in [5, 5.41) is 0.999. The summed E-state index contributed by atoms with van der Waals surface area (Å²) in [6.07, 6.45) is 3.14. The van der Waals surface area contributed by atoms with Gasteiger partial charge in [-0.25, -0.2) is 19.1 Å². The molecule has 5 rings (SSSR count). The molecule has 4 heterocycles. The number of carbonyl (C=O) groups excluding carboxylic acids is 1. The maximum absolute atomic E-state index is 13.8.